The first-order valence-corrected chi connectivity index (χ1v) is 39.9. The predicted octanol–water partition coefficient (Wildman–Crippen LogP) is 7.79. The van der Waals surface area contributed by atoms with Crippen molar-refractivity contribution in [1.29, 1.82) is 0 Å². The van der Waals surface area contributed by atoms with Crippen molar-refractivity contribution in [3.8, 4) is 0 Å². The number of carboxylic acids is 1. The van der Waals surface area contributed by atoms with Crippen molar-refractivity contribution in [3.63, 3.8) is 0 Å². The molecule has 10 aromatic rings. The third-order valence-corrected chi connectivity index (χ3v) is 22.8. The van der Waals surface area contributed by atoms with Crippen LogP contribution in [0.3, 0.4) is 0 Å². The van der Waals surface area contributed by atoms with Gasteiger partial charge in [0.05, 0.1) is 30.9 Å². The molecule has 0 atom stereocenters. The minimum Gasteiger partial charge on any atom is -0.870 e. The van der Waals surface area contributed by atoms with Gasteiger partial charge in [-0.25, -0.2) is 24.4 Å². The first kappa shape index (κ1) is 86.5. The van der Waals surface area contributed by atoms with Gasteiger partial charge < -0.3 is 65.6 Å². The Hall–Kier alpha value is -10.9. The first-order valence-electron chi connectivity index (χ1n) is 38.1. The van der Waals surface area contributed by atoms with E-state index < -0.39 is 5.97 Å². The molecule has 27 heteroatoms. The monoisotopic (exact) mass is 1580 g/mol. The van der Waals surface area contributed by atoms with Crippen LogP contribution in [0, 0.1) is 0 Å². The number of esters is 2. The van der Waals surface area contributed by atoms with Crippen molar-refractivity contribution >= 4 is 87.3 Å². The van der Waals surface area contributed by atoms with Crippen LogP contribution >= 0.6 is 22.7 Å². The molecule has 8 aromatic carbocycles. The summed E-state index contributed by atoms with van der Waals surface area (Å²) in [7, 11) is 2.81. The van der Waals surface area contributed by atoms with Crippen LogP contribution in [0.5, 0.6) is 0 Å². The predicted molar refractivity (Wildman–Crippen MR) is 444 cm³/mol. The number of benzene rings is 8. The number of hydrogen-bond donors (Lipinski definition) is 3. The molecule has 18 rings (SSSR count). The molecule has 0 unspecified atom stereocenters. The Morgan fingerprint density at radius 2 is 0.852 bits per heavy atom. The van der Waals surface area contributed by atoms with E-state index in [4.69, 9.17) is 9.84 Å². The number of nitrogens with zero attached hydrogens (tertiary/aromatic N) is 10. The number of fused-ring (bicyclic) bond motifs is 4. The van der Waals surface area contributed by atoms with E-state index in [-0.39, 0.29) is 59.5 Å². The molecule has 24 nitrogen and oxygen atoms in total. The summed E-state index contributed by atoms with van der Waals surface area (Å²) < 4.78 is 9.40. The van der Waals surface area contributed by atoms with Gasteiger partial charge in [0.15, 0.2) is 10.0 Å². The molecule has 0 radical (unpaired) electrons. The van der Waals surface area contributed by atoms with E-state index in [0.717, 1.165) is 171 Å². The number of nitrogens with one attached hydrogen (secondary N) is 2. The van der Waals surface area contributed by atoms with Gasteiger partial charge in [-0.05, 0) is 137 Å². The number of amides is 3. The molecular weight excluding hydrogens is 1490 g/mol. The van der Waals surface area contributed by atoms with Crippen molar-refractivity contribution in [1.82, 2.24) is 39.8 Å². The minimum atomic E-state index is -0.857. The molecule has 115 heavy (non-hydrogen) atoms. The Morgan fingerprint density at radius 1 is 0.461 bits per heavy atom. The van der Waals surface area contributed by atoms with Crippen LogP contribution < -0.4 is 44.2 Å². The van der Waals surface area contributed by atoms with Crippen LogP contribution in [-0.4, -0.2) is 223 Å². The molecule has 8 aliphatic heterocycles. The number of methoxy groups -OCH3 is 2. The van der Waals surface area contributed by atoms with Crippen LogP contribution in [0.25, 0.3) is 0 Å². The fourth-order valence-electron chi connectivity index (χ4n) is 15.0. The standard InChI is InChI=1S/C27H29N5O2S.C17H17NO2.C16H15NO2.C11H16N4OS.C10H11NO2.C7H6O.Li.2H2O/c33-26(22-6-7-24-21(16-22)8-10-31(24)17-20-4-2-1-3-5-20)32-18-23(19-32)29-11-13-30(14-12-29)27(34)25-28-9-15-35-25;1-20-17(19)15-7-8-16-14(11-15)9-10-18(16)12-13-5-3-2-4-6-13;18-16(19)14-6-7-15-13(10-14)8-9-17(15)11-12-4-2-1-3-5-12;16-11(10-13-1-6-17-10)15-4-2-14(3-5-15)9-7-12-8-9;1-13-10(12)8-2-3-9-7(6-8)4-5-11-9;8-6-7-4-2-1-3-5-7;;;/h1-7,9,15-16,23H,8,10-14,17-19H2;2-8,11H,9-10,12H2,1H3;1-7,10H,8-9,11H2,(H,18,19);1,6,9,12H,2-5,7-8H2;2-3,6,11H,4-5H2,1H3;1-6H;;2*1H2/q;;;;;;+1;;/p-1. The molecule has 0 spiro atoms. The van der Waals surface area contributed by atoms with Crippen molar-refractivity contribution in [2.24, 2.45) is 0 Å². The second-order valence-corrected chi connectivity index (χ2v) is 30.2. The third kappa shape index (κ3) is 22.6. The molecule has 8 aliphatic rings. The van der Waals surface area contributed by atoms with Gasteiger partial charge in [0.1, 0.15) is 6.29 Å². The van der Waals surface area contributed by atoms with Gasteiger partial charge in [-0.15, -0.1) is 22.7 Å². The van der Waals surface area contributed by atoms with Crippen molar-refractivity contribution in [2.45, 2.75) is 57.4 Å². The van der Waals surface area contributed by atoms with Crippen LogP contribution in [0.1, 0.15) is 110 Å². The number of aromatic carboxylic acids is 1. The quantitative estimate of drug-likeness (QED) is 0.0501. The maximum absolute atomic E-state index is 13.1. The van der Waals surface area contributed by atoms with Crippen LogP contribution in [0.15, 0.2) is 217 Å². The number of aromatic nitrogens is 2. The number of likely N-dealkylation sites (tertiary alicyclic amines) is 1. The van der Waals surface area contributed by atoms with Crippen LogP contribution in [0.4, 0.5) is 22.7 Å². The zero-order valence-corrected chi connectivity index (χ0v) is 66.8. The number of thiazole rings is 2. The molecule has 0 bridgehead atoms. The number of carboxylic acid groups (broad SMARTS) is 1. The molecule has 6 N–H and O–H groups in total. The third-order valence-electron chi connectivity index (χ3n) is 21.3. The minimum absolute atomic E-state index is 0. The summed E-state index contributed by atoms with van der Waals surface area (Å²) in [6.07, 6.45) is 8.07. The maximum atomic E-state index is 13.1. The second kappa shape index (κ2) is 42.5. The van der Waals surface area contributed by atoms with Gasteiger partial charge in [0, 0.05) is 193 Å². The average Bonchev–Trinajstić information content (AvgIpc) is 1.76. The van der Waals surface area contributed by atoms with Crippen LogP contribution in [-0.2, 0) is 54.8 Å². The van der Waals surface area contributed by atoms with Gasteiger partial charge in [-0.3, -0.25) is 29.0 Å². The number of piperazine rings is 2. The summed E-state index contributed by atoms with van der Waals surface area (Å²) in [5.74, 6) is -1.15. The molecular formula is C88H97LiN12O12S2. The summed E-state index contributed by atoms with van der Waals surface area (Å²) in [6.45, 7) is 17.1. The number of anilines is 4. The smallest absolute Gasteiger partial charge is 0.870 e. The Morgan fingerprint density at radius 3 is 1.24 bits per heavy atom. The van der Waals surface area contributed by atoms with Crippen molar-refractivity contribution in [3.05, 3.63) is 294 Å². The number of hydrogen-bond acceptors (Lipinski definition) is 21. The van der Waals surface area contributed by atoms with Gasteiger partial charge >= 0.3 is 36.8 Å². The molecule has 3 amide bonds. The maximum Gasteiger partial charge on any atom is 1.00 e. The van der Waals surface area contributed by atoms with Crippen molar-refractivity contribution < 1.29 is 78.0 Å². The summed E-state index contributed by atoms with van der Waals surface area (Å²) in [6, 6.07) is 64.5. The van der Waals surface area contributed by atoms with E-state index in [9.17, 15) is 33.6 Å². The SMILES string of the molecule is COC(=O)c1ccc2c(c1)CCN2.COC(=O)c1ccc2c(c1)CCN2Cc1ccccc1.O.O=C(O)c1ccc2c(c1)CCN2Cc1ccccc1.O=C(c1ccc2c(c1)CCN2Cc1ccccc1)N1CC(N2CCN(C(=O)c3nccs3)CC2)C1.O=C(c1nccs1)N1CCN(C2CNC2)CC1.O=Cc1ccccc1.[Li+].[OH-]. The Labute approximate surface area is 691 Å². The van der Waals surface area contributed by atoms with E-state index >= 15 is 0 Å². The molecule has 10 heterocycles. The van der Waals surface area contributed by atoms with Crippen LogP contribution in [0.2, 0.25) is 0 Å². The molecule has 2 aromatic heterocycles. The van der Waals surface area contributed by atoms with E-state index in [1.165, 1.54) is 81.6 Å². The first-order chi connectivity index (χ1) is 54.7. The number of aldehydes is 1. The molecule has 0 aliphatic carbocycles. The second-order valence-electron chi connectivity index (χ2n) is 28.4. The average molecular weight is 1590 g/mol. The largest absolute Gasteiger partial charge is 1.00 e. The fraction of sp³-hybridized carbons (Fsp3) is 0.307. The molecule has 4 fully saturated rings. The molecule has 0 saturated carbocycles. The van der Waals surface area contributed by atoms with E-state index in [1.807, 2.05) is 116 Å². The van der Waals surface area contributed by atoms with E-state index in [2.05, 4.69) is 123 Å². The number of carbonyl (C=O) groups is 7. The zero-order chi connectivity index (χ0) is 77.7. The fourth-order valence-corrected chi connectivity index (χ4v) is 16.2. The molecule has 4 saturated heterocycles. The van der Waals surface area contributed by atoms with Gasteiger partial charge in [-0.1, -0.05) is 121 Å². The van der Waals surface area contributed by atoms with Gasteiger partial charge in [0.2, 0.25) is 0 Å². The zero-order valence-electron chi connectivity index (χ0n) is 65.1. The number of ether oxygens (including phenoxy) is 2. The Balaban J connectivity index is 0.000000153. The summed E-state index contributed by atoms with van der Waals surface area (Å²) in [5, 5.41) is 20.4. The van der Waals surface area contributed by atoms with E-state index in [1.54, 1.807) is 42.7 Å². The molecule has 594 valence electrons. The Kier molecular flexibility index (Phi) is 31.9. The number of carbonyl (C=O) groups excluding carboxylic acids is 6. The van der Waals surface area contributed by atoms with Crippen molar-refractivity contribution in [2.75, 3.05) is 139 Å². The Bertz CT molecular complexity index is 4820. The summed E-state index contributed by atoms with van der Waals surface area (Å²) in [4.78, 5) is 107. The van der Waals surface area contributed by atoms with Gasteiger partial charge in [-0.2, -0.15) is 0 Å². The van der Waals surface area contributed by atoms with Gasteiger partial charge in [0.25, 0.3) is 17.7 Å². The summed E-state index contributed by atoms with van der Waals surface area (Å²) >= 11 is 2.82. The van der Waals surface area contributed by atoms with E-state index in [0.29, 0.717) is 51.9 Å². The normalized spacial score (nSPS) is 15.5. The summed E-state index contributed by atoms with van der Waals surface area (Å²) in [5.41, 5.74) is 16.6. The number of rotatable bonds is 15. The topological polar surface area (TPSA) is 295 Å².